The third-order valence-corrected chi connectivity index (χ3v) is 4.75. The van der Waals surface area contributed by atoms with Crippen LogP contribution in [0, 0.1) is 5.82 Å². The number of benzene rings is 1. The van der Waals surface area contributed by atoms with Crippen LogP contribution in [0.4, 0.5) is 9.18 Å². The van der Waals surface area contributed by atoms with Crippen LogP contribution in [0.1, 0.15) is 42.5 Å². The molecule has 1 heterocycles. The molecule has 3 N–H and O–H groups in total. The monoisotopic (exact) mass is 333 g/mol. The summed E-state index contributed by atoms with van der Waals surface area (Å²) >= 11 is 0. The number of carbonyl (C=O) groups excluding carboxylic acids is 3. The highest BCUT2D eigenvalue weighted by Crippen LogP contribution is 2.39. The Balaban J connectivity index is 1.67. The van der Waals surface area contributed by atoms with Gasteiger partial charge in [-0.15, -0.1) is 0 Å². The first-order chi connectivity index (χ1) is 11.4. The highest BCUT2D eigenvalue weighted by atomic mass is 19.1. The Morgan fingerprint density at radius 1 is 1.25 bits per heavy atom. The van der Waals surface area contributed by atoms with Gasteiger partial charge in [-0.05, 0) is 49.9 Å². The van der Waals surface area contributed by atoms with Crippen molar-refractivity contribution in [2.24, 2.45) is 5.73 Å². The summed E-state index contributed by atoms with van der Waals surface area (Å²) in [4.78, 5) is 37.9. The summed E-state index contributed by atoms with van der Waals surface area (Å²) < 4.78 is 13.0. The molecule has 1 aliphatic heterocycles. The molecule has 0 bridgehead atoms. The van der Waals surface area contributed by atoms with Gasteiger partial charge in [0, 0.05) is 24.6 Å². The highest BCUT2D eigenvalue weighted by Gasteiger charge is 2.54. The largest absolute Gasteiger partial charge is 0.352 e. The molecule has 24 heavy (non-hydrogen) atoms. The lowest BCUT2D eigenvalue weighted by atomic mass is 10.0. The van der Waals surface area contributed by atoms with Crippen LogP contribution in [0.5, 0.6) is 0 Å². The fraction of sp³-hybridized carbons (Fsp3) is 0.471. The van der Waals surface area contributed by atoms with Crippen LogP contribution in [0.15, 0.2) is 24.3 Å². The van der Waals surface area contributed by atoms with Gasteiger partial charge in [-0.1, -0.05) is 0 Å². The van der Waals surface area contributed by atoms with Crippen molar-refractivity contribution in [3.63, 3.8) is 0 Å². The van der Waals surface area contributed by atoms with Gasteiger partial charge in [0.1, 0.15) is 11.4 Å². The normalized spacial score (nSPS) is 21.4. The molecule has 3 amide bonds. The quantitative estimate of drug-likeness (QED) is 0.802. The van der Waals surface area contributed by atoms with Crippen molar-refractivity contribution in [2.45, 2.75) is 43.7 Å². The topological polar surface area (TPSA) is 92.5 Å². The predicted molar refractivity (Wildman–Crippen MR) is 84.8 cm³/mol. The lowest BCUT2D eigenvalue weighted by molar-refractivity contribution is -0.135. The van der Waals surface area contributed by atoms with E-state index in [-0.39, 0.29) is 24.2 Å². The van der Waals surface area contributed by atoms with Crippen LogP contribution in [0.2, 0.25) is 0 Å². The zero-order valence-corrected chi connectivity index (χ0v) is 13.3. The molecular weight excluding hydrogens is 313 g/mol. The average molecular weight is 333 g/mol. The number of hydrogen-bond acceptors (Lipinski definition) is 3. The first-order valence-corrected chi connectivity index (χ1v) is 8.09. The molecule has 1 atom stereocenters. The number of likely N-dealkylation sites (tertiary alicyclic amines) is 1. The number of primary amides is 1. The molecule has 7 heteroatoms. The van der Waals surface area contributed by atoms with Crippen LogP contribution in [-0.4, -0.2) is 40.7 Å². The Morgan fingerprint density at radius 2 is 1.92 bits per heavy atom. The maximum atomic E-state index is 13.0. The molecule has 1 aromatic rings. The molecule has 0 aromatic heterocycles. The van der Waals surface area contributed by atoms with Crippen LogP contribution < -0.4 is 11.1 Å². The second-order valence-corrected chi connectivity index (χ2v) is 6.50. The van der Waals surface area contributed by atoms with Crippen LogP contribution in [0.3, 0.4) is 0 Å². The molecule has 1 unspecified atom stereocenters. The summed E-state index contributed by atoms with van der Waals surface area (Å²) in [5.41, 5.74) is 4.71. The smallest absolute Gasteiger partial charge is 0.313 e. The second kappa shape index (κ2) is 6.22. The van der Waals surface area contributed by atoms with E-state index in [4.69, 9.17) is 5.73 Å². The highest BCUT2D eigenvalue weighted by molar-refractivity contribution is 5.98. The van der Waals surface area contributed by atoms with Gasteiger partial charge in [-0.2, -0.15) is 0 Å². The van der Waals surface area contributed by atoms with Gasteiger partial charge >= 0.3 is 6.03 Å². The Kier molecular flexibility index (Phi) is 4.26. The van der Waals surface area contributed by atoms with E-state index in [1.165, 1.54) is 24.3 Å². The number of nitrogens with one attached hydrogen (secondary N) is 1. The van der Waals surface area contributed by atoms with E-state index in [1.807, 2.05) is 0 Å². The summed E-state index contributed by atoms with van der Waals surface area (Å²) in [6.45, 7) is 0.572. The maximum absolute atomic E-state index is 13.0. The summed E-state index contributed by atoms with van der Waals surface area (Å²) in [7, 11) is 0. The van der Waals surface area contributed by atoms with Gasteiger partial charge in [0.05, 0.1) is 0 Å². The van der Waals surface area contributed by atoms with Crippen LogP contribution in [0.25, 0.3) is 0 Å². The molecule has 1 saturated heterocycles. The number of Topliss-reactive ketones (excluding diaryl/α,β-unsaturated/α-hetero) is 1. The van der Waals surface area contributed by atoms with Crippen LogP contribution >= 0.6 is 0 Å². The summed E-state index contributed by atoms with van der Waals surface area (Å²) in [5.74, 6) is -0.666. The maximum Gasteiger partial charge on any atom is 0.313 e. The van der Waals surface area contributed by atoms with Crippen molar-refractivity contribution in [3.05, 3.63) is 35.6 Å². The first kappa shape index (κ1) is 16.4. The number of nitrogens with zero attached hydrogens (tertiary/aromatic N) is 1. The number of rotatable bonds is 5. The summed E-state index contributed by atoms with van der Waals surface area (Å²) in [5, 5.41) is 2.54. The van der Waals surface area contributed by atoms with Crippen molar-refractivity contribution in [1.29, 1.82) is 0 Å². The molecule has 6 nitrogen and oxygen atoms in total. The van der Waals surface area contributed by atoms with E-state index >= 15 is 0 Å². The van der Waals surface area contributed by atoms with Gasteiger partial charge in [-0.25, -0.2) is 9.18 Å². The molecule has 1 saturated carbocycles. The minimum absolute atomic E-state index is 0.118. The number of carbonyl (C=O) groups is 3. The lowest BCUT2D eigenvalue weighted by Gasteiger charge is -2.28. The van der Waals surface area contributed by atoms with E-state index < -0.39 is 17.4 Å². The Labute approximate surface area is 139 Å². The molecule has 1 aromatic carbocycles. The van der Waals surface area contributed by atoms with Crippen molar-refractivity contribution in [1.82, 2.24) is 10.2 Å². The third-order valence-electron chi connectivity index (χ3n) is 4.75. The summed E-state index contributed by atoms with van der Waals surface area (Å²) in [6, 6.07) is 4.51. The molecule has 0 radical (unpaired) electrons. The molecular formula is C17H20FN3O3. The molecule has 128 valence electrons. The molecule has 2 aliphatic rings. The fourth-order valence-electron chi connectivity index (χ4n) is 3.31. The van der Waals surface area contributed by atoms with Gasteiger partial charge in [-0.3, -0.25) is 9.59 Å². The van der Waals surface area contributed by atoms with Gasteiger partial charge in [0.15, 0.2) is 5.78 Å². The summed E-state index contributed by atoms with van der Waals surface area (Å²) in [6.07, 6.45) is 2.91. The Morgan fingerprint density at radius 3 is 2.50 bits per heavy atom. The molecule has 2 fully saturated rings. The third kappa shape index (κ3) is 3.25. The average Bonchev–Trinajstić information content (AvgIpc) is 3.16. The molecule has 0 spiro atoms. The first-order valence-electron chi connectivity index (χ1n) is 8.09. The number of ketones is 1. The van der Waals surface area contributed by atoms with E-state index in [1.54, 1.807) is 4.90 Å². The SMILES string of the molecule is NC(=O)NC1(C(=O)N2CCCC2CC(=O)c2ccc(F)cc2)CC1. The number of hydrogen-bond donors (Lipinski definition) is 2. The minimum atomic E-state index is -0.882. The lowest BCUT2D eigenvalue weighted by Crippen LogP contribution is -2.53. The number of nitrogens with two attached hydrogens (primary N) is 1. The van der Waals surface area contributed by atoms with Gasteiger partial charge in [0.2, 0.25) is 5.91 Å². The Bertz CT molecular complexity index is 670. The van der Waals surface area contributed by atoms with Crippen LogP contribution in [-0.2, 0) is 4.79 Å². The van der Waals surface area contributed by atoms with E-state index in [0.29, 0.717) is 24.9 Å². The predicted octanol–water partition coefficient (Wildman–Crippen LogP) is 1.59. The van der Waals surface area contributed by atoms with E-state index in [9.17, 15) is 18.8 Å². The molecule has 3 rings (SSSR count). The van der Waals surface area contributed by atoms with Gasteiger partial charge < -0.3 is 16.0 Å². The van der Waals surface area contributed by atoms with Crippen molar-refractivity contribution < 1.29 is 18.8 Å². The van der Waals surface area contributed by atoms with E-state index in [2.05, 4.69) is 5.32 Å². The minimum Gasteiger partial charge on any atom is -0.352 e. The van der Waals surface area contributed by atoms with E-state index in [0.717, 1.165) is 12.8 Å². The zero-order valence-electron chi connectivity index (χ0n) is 13.3. The second-order valence-electron chi connectivity index (χ2n) is 6.50. The Hall–Kier alpha value is -2.44. The van der Waals surface area contributed by atoms with Crippen molar-refractivity contribution >= 4 is 17.7 Å². The molecule has 1 aliphatic carbocycles. The number of amides is 3. The fourth-order valence-corrected chi connectivity index (χ4v) is 3.31. The number of halogens is 1. The number of urea groups is 1. The van der Waals surface area contributed by atoms with Gasteiger partial charge in [0.25, 0.3) is 0 Å². The zero-order chi connectivity index (χ0) is 17.3. The van der Waals surface area contributed by atoms with Crippen molar-refractivity contribution in [3.8, 4) is 0 Å². The standard InChI is InChI=1S/C17H20FN3O3/c18-12-5-3-11(4-6-12)14(22)10-13-2-1-9-21(13)15(23)17(7-8-17)20-16(19)24/h3-6,13H,1-2,7-10H2,(H3,19,20,24). The van der Waals surface area contributed by atoms with Crippen molar-refractivity contribution in [2.75, 3.05) is 6.54 Å².